The normalized spacial score (nSPS) is 10.7. The van der Waals surface area contributed by atoms with Gasteiger partial charge in [0.25, 0.3) is 5.56 Å². The van der Waals surface area contributed by atoms with Crippen molar-refractivity contribution >= 4 is 10.9 Å². The second-order valence-electron chi connectivity index (χ2n) is 4.96. The molecule has 1 N–H and O–H groups in total. The van der Waals surface area contributed by atoms with Gasteiger partial charge in [-0.2, -0.15) is 0 Å². The van der Waals surface area contributed by atoms with E-state index < -0.39 is 0 Å². The molecule has 6 nitrogen and oxygen atoms in total. The van der Waals surface area contributed by atoms with E-state index in [-0.39, 0.29) is 12.2 Å². The Morgan fingerprint density at radius 3 is 2.48 bits per heavy atom. The zero-order valence-electron chi connectivity index (χ0n) is 12.8. The van der Waals surface area contributed by atoms with Gasteiger partial charge in [-0.15, -0.1) is 0 Å². The zero-order chi connectivity index (χ0) is 16.4. The first-order valence-electron chi connectivity index (χ1n) is 7.01. The molecule has 0 aliphatic rings. The third-order valence-electron chi connectivity index (χ3n) is 3.68. The third-order valence-corrected chi connectivity index (χ3v) is 3.68. The van der Waals surface area contributed by atoms with E-state index in [1.165, 1.54) is 10.9 Å². The van der Waals surface area contributed by atoms with Crippen LogP contribution in [0.4, 0.5) is 0 Å². The number of aromatic nitrogens is 2. The summed E-state index contributed by atoms with van der Waals surface area (Å²) < 4.78 is 11.7. The van der Waals surface area contributed by atoms with Crippen LogP contribution in [-0.2, 0) is 6.61 Å². The van der Waals surface area contributed by atoms with Crippen molar-refractivity contribution in [1.29, 1.82) is 0 Å². The number of benzene rings is 2. The van der Waals surface area contributed by atoms with Crippen molar-refractivity contribution in [3.05, 3.63) is 58.6 Å². The number of ether oxygens (including phenoxy) is 2. The van der Waals surface area contributed by atoms with Crippen LogP contribution >= 0.6 is 0 Å². The molecule has 1 aromatic heterocycles. The topological polar surface area (TPSA) is 73.6 Å². The van der Waals surface area contributed by atoms with Gasteiger partial charge in [0.1, 0.15) is 17.8 Å². The summed E-state index contributed by atoms with van der Waals surface area (Å²) >= 11 is 0. The number of nitrogens with zero attached hydrogens (tertiary/aromatic N) is 2. The van der Waals surface area contributed by atoms with E-state index >= 15 is 0 Å². The third kappa shape index (κ3) is 2.64. The zero-order valence-corrected chi connectivity index (χ0v) is 12.8. The maximum Gasteiger partial charge on any atom is 0.265 e. The minimum Gasteiger partial charge on any atom is -0.497 e. The average Bonchev–Trinajstić information content (AvgIpc) is 2.61. The van der Waals surface area contributed by atoms with Crippen molar-refractivity contribution in [3.63, 3.8) is 0 Å². The minimum absolute atomic E-state index is 0.213. The van der Waals surface area contributed by atoms with Crippen LogP contribution in [0.5, 0.6) is 11.5 Å². The second-order valence-corrected chi connectivity index (χ2v) is 4.96. The lowest BCUT2D eigenvalue weighted by Crippen LogP contribution is -2.20. The first-order valence-corrected chi connectivity index (χ1v) is 7.01. The minimum atomic E-state index is -0.228. The molecule has 0 bridgehead atoms. The van der Waals surface area contributed by atoms with Gasteiger partial charge in [-0.25, -0.2) is 4.98 Å². The molecule has 1 heterocycles. The van der Waals surface area contributed by atoms with Crippen molar-refractivity contribution in [2.45, 2.75) is 6.61 Å². The van der Waals surface area contributed by atoms with Crippen LogP contribution in [-0.4, -0.2) is 28.9 Å². The number of methoxy groups -OCH3 is 2. The molecule has 0 amide bonds. The molecule has 0 aliphatic heterocycles. The number of aliphatic hydroxyl groups excluding tert-OH is 1. The van der Waals surface area contributed by atoms with Crippen LogP contribution in [0.3, 0.4) is 0 Å². The van der Waals surface area contributed by atoms with Crippen LogP contribution in [0.2, 0.25) is 0 Å². The molecule has 0 fully saturated rings. The molecule has 6 heteroatoms. The quantitative estimate of drug-likeness (QED) is 0.796. The molecule has 0 radical (unpaired) electrons. The van der Waals surface area contributed by atoms with E-state index in [2.05, 4.69) is 4.98 Å². The predicted molar refractivity (Wildman–Crippen MR) is 86.4 cm³/mol. The number of hydrogen-bond acceptors (Lipinski definition) is 5. The van der Waals surface area contributed by atoms with E-state index in [9.17, 15) is 9.90 Å². The largest absolute Gasteiger partial charge is 0.497 e. The predicted octanol–water partition coefficient (Wildman–Crippen LogP) is 1.90. The van der Waals surface area contributed by atoms with Crippen LogP contribution in [0.15, 0.2) is 47.5 Å². The van der Waals surface area contributed by atoms with E-state index in [4.69, 9.17) is 9.47 Å². The number of aliphatic hydroxyl groups is 1. The Kier molecular flexibility index (Phi) is 3.99. The Bertz CT molecular complexity index is 918. The van der Waals surface area contributed by atoms with Crippen molar-refractivity contribution in [2.24, 2.45) is 0 Å². The monoisotopic (exact) mass is 312 g/mol. The van der Waals surface area contributed by atoms with Gasteiger partial charge in [0, 0.05) is 5.56 Å². The molecule has 118 valence electrons. The molecule has 0 atom stereocenters. The highest BCUT2D eigenvalue weighted by atomic mass is 16.5. The average molecular weight is 312 g/mol. The Hall–Kier alpha value is -2.86. The standard InChI is InChI=1S/C17H16N2O4/c1-22-12-4-6-16(11(7-12)9-20)19-10-18-15-5-3-13(23-2)8-14(15)17(19)21/h3-8,10,20H,9H2,1-2H3. The van der Waals surface area contributed by atoms with Gasteiger partial charge in [0.05, 0.1) is 37.4 Å². The lowest BCUT2D eigenvalue weighted by atomic mass is 10.1. The highest BCUT2D eigenvalue weighted by molar-refractivity contribution is 5.79. The molecule has 0 saturated heterocycles. The highest BCUT2D eigenvalue weighted by Gasteiger charge is 2.11. The number of fused-ring (bicyclic) bond motifs is 1. The maximum absolute atomic E-state index is 12.8. The van der Waals surface area contributed by atoms with Crippen molar-refractivity contribution in [1.82, 2.24) is 9.55 Å². The summed E-state index contributed by atoms with van der Waals surface area (Å²) in [6, 6.07) is 10.3. The van der Waals surface area contributed by atoms with Crippen molar-refractivity contribution in [3.8, 4) is 17.2 Å². The molecule has 3 rings (SSSR count). The molecule has 0 aliphatic carbocycles. The first-order chi connectivity index (χ1) is 11.2. The number of rotatable bonds is 4. The molecule has 0 unspecified atom stereocenters. The summed E-state index contributed by atoms with van der Waals surface area (Å²) in [5.41, 5.74) is 1.51. The Balaban J connectivity index is 2.24. The van der Waals surface area contributed by atoms with Gasteiger partial charge in [-0.3, -0.25) is 9.36 Å². The fourth-order valence-electron chi connectivity index (χ4n) is 2.45. The Morgan fingerprint density at radius 1 is 1.09 bits per heavy atom. The Morgan fingerprint density at radius 2 is 1.78 bits per heavy atom. The lowest BCUT2D eigenvalue weighted by molar-refractivity contribution is 0.280. The van der Waals surface area contributed by atoms with Gasteiger partial charge < -0.3 is 14.6 Å². The Labute approximate surface area is 132 Å². The fraction of sp³-hybridized carbons (Fsp3) is 0.176. The molecule has 0 saturated carbocycles. The van der Waals surface area contributed by atoms with Gasteiger partial charge in [0.2, 0.25) is 0 Å². The van der Waals surface area contributed by atoms with E-state index in [0.29, 0.717) is 33.7 Å². The first kappa shape index (κ1) is 15.1. The SMILES string of the molecule is COc1ccc(-n2cnc3ccc(OC)cc3c2=O)c(CO)c1. The van der Waals surface area contributed by atoms with Gasteiger partial charge >= 0.3 is 0 Å². The van der Waals surface area contributed by atoms with Crippen LogP contribution in [0.25, 0.3) is 16.6 Å². The maximum atomic E-state index is 12.8. The molecule has 3 aromatic rings. The van der Waals surface area contributed by atoms with E-state index in [1.54, 1.807) is 50.6 Å². The molecular weight excluding hydrogens is 296 g/mol. The summed E-state index contributed by atoms with van der Waals surface area (Å²) in [5, 5.41) is 10.0. The van der Waals surface area contributed by atoms with E-state index in [0.717, 1.165) is 0 Å². The highest BCUT2D eigenvalue weighted by Crippen LogP contribution is 2.21. The summed E-state index contributed by atoms with van der Waals surface area (Å²) in [5.74, 6) is 1.20. The molecular formula is C17H16N2O4. The van der Waals surface area contributed by atoms with Gasteiger partial charge in [-0.05, 0) is 36.4 Å². The van der Waals surface area contributed by atoms with Crippen molar-refractivity contribution in [2.75, 3.05) is 14.2 Å². The summed E-state index contributed by atoms with van der Waals surface area (Å²) in [6.45, 7) is -0.213. The van der Waals surface area contributed by atoms with Crippen LogP contribution in [0.1, 0.15) is 5.56 Å². The molecule has 0 spiro atoms. The fourth-order valence-corrected chi connectivity index (χ4v) is 2.45. The van der Waals surface area contributed by atoms with E-state index in [1.807, 2.05) is 0 Å². The molecule has 2 aromatic carbocycles. The summed E-state index contributed by atoms with van der Waals surface area (Å²) in [4.78, 5) is 17.1. The second kappa shape index (κ2) is 6.10. The summed E-state index contributed by atoms with van der Waals surface area (Å²) in [6.07, 6.45) is 1.46. The number of hydrogen-bond donors (Lipinski definition) is 1. The van der Waals surface area contributed by atoms with Gasteiger partial charge in [0.15, 0.2) is 0 Å². The van der Waals surface area contributed by atoms with Crippen LogP contribution in [0, 0.1) is 0 Å². The van der Waals surface area contributed by atoms with Crippen molar-refractivity contribution < 1.29 is 14.6 Å². The van der Waals surface area contributed by atoms with Crippen LogP contribution < -0.4 is 15.0 Å². The molecule has 23 heavy (non-hydrogen) atoms. The summed E-state index contributed by atoms with van der Waals surface area (Å²) in [7, 11) is 3.09. The smallest absolute Gasteiger partial charge is 0.265 e. The van der Waals surface area contributed by atoms with Gasteiger partial charge in [-0.1, -0.05) is 0 Å². The lowest BCUT2D eigenvalue weighted by Gasteiger charge is -2.12.